The minimum absolute atomic E-state index is 0.0386. The number of hydrogen-bond acceptors (Lipinski definition) is 4. The number of hydrogen-bond donors (Lipinski definition) is 1. The minimum atomic E-state index is -0.826. The third-order valence-electron chi connectivity index (χ3n) is 6.22. The molecule has 5 rings (SSSR count). The molecule has 1 aromatic rings. The van der Waals surface area contributed by atoms with E-state index < -0.39 is 11.9 Å². The summed E-state index contributed by atoms with van der Waals surface area (Å²) in [6.45, 7) is 3.83. The number of carbonyl (C=O) groups is 2. The zero-order valence-electron chi connectivity index (χ0n) is 15.0. The third kappa shape index (κ3) is 2.48. The fraction of sp³-hybridized carbons (Fsp3) is 0.600. The Morgan fingerprint density at radius 3 is 2.40 bits per heavy atom. The Morgan fingerprint density at radius 2 is 1.88 bits per heavy atom. The highest BCUT2D eigenvalue weighted by Gasteiger charge is 2.46. The summed E-state index contributed by atoms with van der Waals surface area (Å²) < 4.78 is 5.79. The van der Waals surface area contributed by atoms with Crippen molar-refractivity contribution in [1.29, 1.82) is 0 Å². The van der Waals surface area contributed by atoms with Crippen LogP contribution in [0.3, 0.4) is 0 Å². The maximum absolute atomic E-state index is 12.4. The fourth-order valence-corrected chi connectivity index (χ4v) is 5.01. The molecule has 0 spiro atoms. The predicted octanol–water partition coefficient (Wildman–Crippen LogP) is 3.06. The van der Waals surface area contributed by atoms with Gasteiger partial charge in [-0.1, -0.05) is 6.07 Å². The van der Waals surface area contributed by atoms with Crippen molar-refractivity contribution < 1.29 is 19.4 Å². The smallest absolute Gasteiger partial charge is 0.311 e. The van der Waals surface area contributed by atoms with Gasteiger partial charge < -0.3 is 14.7 Å². The Kier molecular flexibility index (Phi) is 3.87. The normalized spacial score (nSPS) is 28.8. The van der Waals surface area contributed by atoms with Crippen LogP contribution in [0.15, 0.2) is 12.1 Å². The van der Waals surface area contributed by atoms with Gasteiger partial charge >= 0.3 is 5.97 Å². The van der Waals surface area contributed by atoms with E-state index in [0.717, 1.165) is 25.7 Å². The Hall–Kier alpha value is -1.88. The van der Waals surface area contributed by atoms with Crippen LogP contribution in [0, 0.1) is 5.92 Å². The van der Waals surface area contributed by atoms with Crippen molar-refractivity contribution >= 4 is 11.8 Å². The minimum Gasteiger partial charge on any atom is -0.489 e. The van der Waals surface area contributed by atoms with Gasteiger partial charge in [0.15, 0.2) is 0 Å². The Labute approximate surface area is 148 Å². The lowest BCUT2D eigenvalue weighted by molar-refractivity contribution is -0.141. The third-order valence-corrected chi connectivity index (χ3v) is 6.22. The molecular weight excluding hydrogens is 318 g/mol. The standard InChI is InChI=1S/C20H25NO4/c1-10(2)25-19-15-7-6-14(17(19)18(15)22)16(20(23)24)11-8-12-4-5-13(9-11)21(12)3/h6-7,10-13,16H,4-5,8-9H2,1-3H3,(H,23,24). The molecule has 0 saturated carbocycles. The topological polar surface area (TPSA) is 66.8 Å². The van der Waals surface area contributed by atoms with Gasteiger partial charge in [0.05, 0.1) is 23.1 Å². The molecule has 1 N–H and O–H groups in total. The zero-order chi connectivity index (χ0) is 17.9. The Morgan fingerprint density at radius 1 is 1.24 bits per heavy atom. The van der Waals surface area contributed by atoms with Crippen LogP contribution in [-0.2, 0) is 4.79 Å². The van der Waals surface area contributed by atoms with E-state index >= 15 is 0 Å². The first-order valence-corrected chi connectivity index (χ1v) is 9.21. The van der Waals surface area contributed by atoms with E-state index in [0.29, 0.717) is 34.5 Å². The number of ketones is 1. The second-order valence-corrected chi connectivity index (χ2v) is 8.00. The summed E-state index contributed by atoms with van der Waals surface area (Å²) in [5, 5.41) is 9.98. The van der Waals surface area contributed by atoms with E-state index in [1.807, 2.05) is 19.9 Å². The van der Waals surface area contributed by atoms with E-state index in [1.54, 1.807) is 6.07 Å². The number of rotatable bonds is 5. The molecule has 2 aliphatic heterocycles. The molecule has 4 bridgehead atoms. The molecule has 3 atom stereocenters. The Balaban J connectivity index is 1.70. The summed E-state index contributed by atoms with van der Waals surface area (Å²) >= 11 is 0. The van der Waals surface area contributed by atoms with Crippen LogP contribution in [-0.4, -0.2) is 47.0 Å². The van der Waals surface area contributed by atoms with Crippen LogP contribution in [0.5, 0.6) is 5.75 Å². The van der Waals surface area contributed by atoms with Gasteiger partial charge in [-0.15, -0.1) is 0 Å². The van der Waals surface area contributed by atoms with Crippen LogP contribution in [0.4, 0.5) is 0 Å². The summed E-state index contributed by atoms with van der Waals surface area (Å²) in [6, 6.07) is 4.51. The molecule has 25 heavy (non-hydrogen) atoms. The lowest BCUT2D eigenvalue weighted by Gasteiger charge is -2.39. The van der Waals surface area contributed by atoms with Crippen LogP contribution in [0.2, 0.25) is 0 Å². The molecule has 5 nitrogen and oxygen atoms in total. The van der Waals surface area contributed by atoms with Gasteiger partial charge in [0.2, 0.25) is 5.78 Å². The molecule has 1 aromatic carbocycles. The van der Waals surface area contributed by atoms with Crippen molar-refractivity contribution in [1.82, 2.24) is 4.90 Å². The number of aliphatic carboxylic acids is 1. The summed E-state index contributed by atoms with van der Waals surface area (Å²) in [6.07, 6.45) is 4.04. The van der Waals surface area contributed by atoms with Gasteiger partial charge in [-0.05, 0) is 64.1 Å². The molecule has 2 fully saturated rings. The summed E-state index contributed by atoms with van der Waals surface area (Å²) in [4.78, 5) is 27.0. The monoisotopic (exact) mass is 343 g/mol. The van der Waals surface area contributed by atoms with Gasteiger partial charge in [-0.2, -0.15) is 0 Å². The molecular formula is C20H25NO4. The van der Waals surface area contributed by atoms with Gasteiger partial charge in [0.1, 0.15) is 5.75 Å². The van der Waals surface area contributed by atoms with Gasteiger partial charge in [0.25, 0.3) is 0 Å². The van der Waals surface area contributed by atoms with Crippen LogP contribution in [0.25, 0.3) is 0 Å². The van der Waals surface area contributed by atoms with E-state index in [4.69, 9.17) is 4.74 Å². The molecule has 2 saturated heterocycles. The van der Waals surface area contributed by atoms with Crippen LogP contribution >= 0.6 is 0 Å². The number of ether oxygens (including phenoxy) is 1. The number of carboxylic acid groups (broad SMARTS) is 1. The average molecular weight is 343 g/mol. The molecule has 0 amide bonds. The van der Waals surface area contributed by atoms with Crippen molar-refractivity contribution in [3.8, 4) is 5.75 Å². The predicted molar refractivity (Wildman–Crippen MR) is 93.3 cm³/mol. The van der Waals surface area contributed by atoms with E-state index in [9.17, 15) is 14.7 Å². The van der Waals surface area contributed by atoms with Gasteiger partial charge in [0, 0.05) is 12.1 Å². The van der Waals surface area contributed by atoms with Gasteiger partial charge in [-0.3, -0.25) is 9.59 Å². The molecule has 134 valence electrons. The number of carboxylic acids is 1. The largest absolute Gasteiger partial charge is 0.489 e. The molecule has 4 aliphatic rings. The van der Waals surface area contributed by atoms with E-state index in [-0.39, 0.29) is 17.8 Å². The molecule has 2 aliphatic carbocycles. The van der Waals surface area contributed by atoms with Crippen molar-refractivity contribution in [2.45, 2.75) is 63.6 Å². The van der Waals surface area contributed by atoms with Crippen LogP contribution < -0.4 is 4.74 Å². The lowest BCUT2D eigenvalue weighted by atomic mass is 9.72. The summed E-state index contributed by atoms with van der Waals surface area (Å²) in [5.41, 5.74) is 1.74. The number of piperidine rings is 1. The molecule has 5 heteroatoms. The highest BCUT2D eigenvalue weighted by atomic mass is 16.5. The SMILES string of the molecule is CC(C)Oc1c2ccc(C(C(=O)O)C3CC4CCC(C3)N4C)c1C2=O. The maximum Gasteiger partial charge on any atom is 0.311 e. The van der Waals surface area contributed by atoms with Crippen molar-refractivity contribution in [3.63, 3.8) is 0 Å². The molecule has 0 radical (unpaired) electrons. The first kappa shape index (κ1) is 16.6. The van der Waals surface area contributed by atoms with Crippen molar-refractivity contribution in [2.24, 2.45) is 5.92 Å². The highest BCUT2D eigenvalue weighted by Crippen LogP contribution is 2.48. The molecule has 3 unspecified atom stereocenters. The second-order valence-electron chi connectivity index (χ2n) is 8.00. The quantitative estimate of drug-likeness (QED) is 0.904. The zero-order valence-corrected chi connectivity index (χ0v) is 15.0. The number of fused-ring (bicyclic) bond motifs is 4. The second kappa shape index (κ2) is 5.84. The average Bonchev–Trinajstić information content (AvgIpc) is 2.76. The Bertz CT molecular complexity index is 727. The summed E-state index contributed by atoms with van der Waals surface area (Å²) in [5.74, 6) is -0.837. The molecule has 0 aromatic heterocycles. The first-order chi connectivity index (χ1) is 11.9. The lowest BCUT2D eigenvalue weighted by Crippen LogP contribution is -2.43. The van der Waals surface area contributed by atoms with E-state index in [2.05, 4.69) is 11.9 Å². The van der Waals surface area contributed by atoms with Crippen molar-refractivity contribution in [3.05, 3.63) is 28.8 Å². The summed E-state index contributed by atoms with van der Waals surface area (Å²) in [7, 11) is 2.15. The maximum atomic E-state index is 12.4. The first-order valence-electron chi connectivity index (χ1n) is 9.21. The molecule has 2 heterocycles. The number of carbonyl (C=O) groups excluding carboxylic acids is 1. The van der Waals surface area contributed by atoms with Crippen LogP contribution in [0.1, 0.15) is 66.9 Å². The van der Waals surface area contributed by atoms with Gasteiger partial charge in [-0.25, -0.2) is 0 Å². The highest BCUT2D eigenvalue weighted by molar-refractivity contribution is 6.22. The fourth-order valence-electron chi connectivity index (χ4n) is 5.01. The van der Waals surface area contributed by atoms with E-state index in [1.165, 1.54) is 0 Å². The number of nitrogens with zero attached hydrogens (tertiary/aromatic N) is 1. The number of benzene rings is 1. The van der Waals surface area contributed by atoms with Crippen molar-refractivity contribution in [2.75, 3.05) is 7.05 Å².